The molecule has 0 radical (unpaired) electrons. The summed E-state index contributed by atoms with van der Waals surface area (Å²) in [5.41, 5.74) is 9.47. The average molecular weight is 463 g/mol. The number of aryl methyl sites for hydroxylation is 1. The number of nitrogens with two attached hydrogens (primary N) is 1. The maximum Gasteiger partial charge on any atom is 0.407 e. The van der Waals surface area contributed by atoms with Crippen molar-refractivity contribution in [3.63, 3.8) is 0 Å². The summed E-state index contributed by atoms with van der Waals surface area (Å²) in [6.45, 7) is 6.30. The number of nitrogen functional groups attached to an aromatic ring is 1. The van der Waals surface area contributed by atoms with Gasteiger partial charge in [0, 0.05) is 17.8 Å². The minimum absolute atomic E-state index is 0.287. The SMILES string of the molecule is CC(C)(C)OC(=O)NCc1cccc(C(O)c2cc(OCCCc3ccccc3)ccc2N)c1. The Morgan fingerprint density at radius 3 is 2.47 bits per heavy atom. The second kappa shape index (κ2) is 11.6. The van der Waals surface area contributed by atoms with Crippen LogP contribution in [0.5, 0.6) is 5.75 Å². The van der Waals surface area contributed by atoms with Gasteiger partial charge in [-0.25, -0.2) is 4.79 Å². The van der Waals surface area contributed by atoms with Gasteiger partial charge in [0.05, 0.1) is 6.61 Å². The molecule has 3 rings (SSSR count). The molecule has 0 aromatic heterocycles. The van der Waals surface area contributed by atoms with Crippen LogP contribution in [0.1, 0.15) is 55.5 Å². The maximum absolute atomic E-state index is 11.9. The molecular formula is C28H34N2O4. The van der Waals surface area contributed by atoms with Gasteiger partial charge in [0.25, 0.3) is 0 Å². The first-order valence-electron chi connectivity index (χ1n) is 11.5. The molecule has 3 aromatic carbocycles. The van der Waals surface area contributed by atoms with E-state index in [1.54, 1.807) is 12.1 Å². The van der Waals surface area contributed by atoms with Crippen molar-refractivity contribution < 1.29 is 19.4 Å². The maximum atomic E-state index is 11.9. The quantitative estimate of drug-likeness (QED) is 0.293. The molecule has 0 spiro atoms. The van der Waals surface area contributed by atoms with E-state index >= 15 is 0 Å². The largest absolute Gasteiger partial charge is 0.494 e. The summed E-state index contributed by atoms with van der Waals surface area (Å²) >= 11 is 0. The van der Waals surface area contributed by atoms with Crippen molar-refractivity contribution in [3.8, 4) is 5.75 Å². The molecule has 0 heterocycles. The number of hydrogen-bond acceptors (Lipinski definition) is 5. The number of hydrogen-bond donors (Lipinski definition) is 3. The monoisotopic (exact) mass is 462 g/mol. The van der Waals surface area contributed by atoms with Crippen LogP contribution in [-0.4, -0.2) is 23.4 Å². The van der Waals surface area contributed by atoms with E-state index in [1.807, 2.05) is 69.3 Å². The minimum Gasteiger partial charge on any atom is -0.494 e. The van der Waals surface area contributed by atoms with E-state index in [1.165, 1.54) is 5.56 Å². The van der Waals surface area contributed by atoms with Crippen LogP contribution in [0.4, 0.5) is 10.5 Å². The lowest BCUT2D eigenvalue weighted by Gasteiger charge is -2.20. The fourth-order valence-corrected chi connectivity index (χ4v) is 3.53. The lowest BCUT2D eigenvalue weighted by Crippen LogP contribution is -2.32. The first-order valence-corrected chi connectivity index (χ1v) is 11.5. The number of rotatable bonds is 9. The Morgan fingerprint density at radius 1 is 1.00 bits per heavy atom. The lowest BCUT2D eigenvalue weighted by atomic mass is 9.98. The Morgan fingerprint density at radius 2 is 1.74 bits per heavy atom. The third kappa shape index (κ3) is 7.81. The summed E-state index contributed by atoms with van der Waals surface area (Å²) in [6.07, 6.45) is 0.420. The molecule has 0 aliphatic heterocycles. The molecule has 6 heteroatoms. The van der Waals surface area contributed by atoms with Gasteiger partial charge in [-0.05, 0) is 68.5 Å². The molecule has 0 fully saturated rings. The van der Waals surface area contributed by atoms with Gasteiger partial charge in [-0.1, -0.05) is 54.6 Å². The van der Waals surface area contributed by atoms with Crippen molar-refractivity contribution in [2.24, 2.45) is 0 Å². The molecule has 34 heavy (non-hydrogen) atoms. The van der Waals surface area contributed by atoms with E-state index in [9.17, 15) is 9.90 Å². The number of carbonyl (C=O) groups is 1. The van der Waals surface area contributed by atoms with Gasteiger partial charge in [-0.3, -0.25) is 0 Å². The first kappa shape index (κ1) is 25.1. The van der Waals surface area contributed by atoms with Crippen LogP contribution in [0, 0.1) is 0 Å². The highest BCUT2D eigenvalue weighted by Crippen LogP contribution is 2.30. The molecule has 0 saturated carbocycles. The predicted octanol–water partition coefficient (Wildman–Crippen LogP) is 5.39. The summed E-state index contributed by atoms with van der Waals surface area (Å²) < 4.78 is 11.2. The van der Waals surface area contributed by atoms with Crippen LogP contribution in [0.3, 0.4) is 0 Å². The normalized spacial score (nSPS) is 12.1. The zero-order chi connectivity index (χ0) is 24.6. The van der Waals surface area contributed by atoms with E-state index in [0.717, 1.165) is 18.4 Å². The van der Waals surface area contributed by atoms with E-state index in [2.05, 4.69) is 17.4 Å². The van der Waals surface area contributed by atoms with Crippen molar-refractivity contribution in [1.29, 1.82) is 0 Å². The zero-order valence-electron chi connectivity index (χ0n) is 20.1. The van der Waals surface area contributed by atoms with Gasteiger partial charge in [-0.2, -0.15) is 0 Å². The molecule has 0 aliphatic carbocycles. The molecule has 4 N–H and O–H groups in total. The number of nitrogens with one attached hydrogen (secondary N) is 1. The van der Waals surface area contributed by atoms with Gasteiger partial charge in [-0.15, -0.1) is 0 Å². The Hall–Kier alpha value is -3.51. The van der Waals surface area contributed by atoms with Crippen LogP contribution >= 0.6 is 0 Å². The Balaban J connectivity index is 1.60. The van der Waals surface area contributed by atoms with Crippen LogP contribution in [0.15, 0.2) is 72.8 Å². The molecule has 3 aromatic rings. The number of amides is 1. The average Bonchev–Trinajstić information content (AvgIpc) is 2.81. The molecule has 180 valence electrons. The van der Waals surface area contributed by atoms with Crippen LogP contribution < -0.4 is 15.8 Å². The minimum atomic E-state index is -0.922. The topological polar surface area (TPSA) is 93.8 Å². The fourth-order valence-electron chi connectivity index (χ4n) is 3.53. The first-order chi connectivity index (χ1) is 16.2. The lowest BCUT2D eigenvalue weighted by molar-refractivity contribution is 0.0523. The molecular weight excluding hydrogens is 428 g/mol. The molecule has 0 bridgehead atoms. The van der Waals surface area contributed by atoms with Gasteiger partial charge in [0.1, 0.15) is 17.5 Å². The fraction of sp³-hybridized carbons (Fsp3) is 0.321. The van der Waals surface area contributed by atoms with E-state index < -0.39 is 17.8 Å². The number of anilines is 1. The van der Waals surface area contributed by atoms with Crippen LogP contribution in [0.2, 0.25) is 0 Å². The molecule has 1 unspecified atom stereocenters. The highest BCUT2D eigenvalue weighted by atomic mass is 16.6. The molecule has 0 saturated heterocycles. The summed E-state index contributed by atoms with van der Waals surface area (Å²) in [6, 6.07) is 23.0. The zero-order valence-corrected chi connectivity index (χ0v) is 20.1. The van der Waals surface area contributed by atoms with Gasteiger partial charge in [0.2, 0.25) is 0 Å². The third-order valence-corrected chi connectivity index (χ3v) is 5.18. The number of carbonyl (C=O) groups excluding carboxylic acids is 1. The second-order valence-corrected chi connectivity index (χ2v) is 9.23. The van der Waals surface area contributed by atoms with Crippen molar-refractivity contribution in [2.75, 3.05) is 12.3 Å². The highest BCUT2D eigenvalue weighted by molar-refractivity contribution is 5.67. The van der Waals surface area contributed by atoms with E-state index in [-0.39, 0.29) is 6.54 Å². The third-order valence-electron chi connectivity index (χ3n) is 5.18. The molecule has 6 nitrogen and oxygen atoms in total. The molecule has 0 aliphatic rings. The van der Waals surface area contributed by atoms with Gasteiger partial charge >= 0.3 is 6.09 Å². The van der Waals surface area contributed by atoms with Gasteiger partial charge in [0.15, 0.2) is 0 Å². The number of aliphatic hydroxyl groups excluding tert-OH is 1. The van der Waals surface area contributed by atoms with Crippen molar-refractivity contribution in [2.45, 2.75) is 51.9 Å². The summed E-state index contributed by atoms with van der Waals surface area (Å²) in [5, 5.41) is 13.8. The summed E-state index contributed by atoms with van der Waals surface area (Å²) in [7, 11) is 0. The molecule has 1 amide bonds. The number of alkyl carbamates (subject to hydrolysis) is 1. The standard InChI is InChI=1S/C28H34N2O4/c1-28(2,3)34-27(32)30-19-21-11-7-13-22(17-21)26(31)24-18-23(14-15-25(24)29)33-16-8-12-20-9-5-4-6-10-20/h4-7,9-11,13-15,17-18,26,31H,8,12,16,19,29H2,1-3H3,(H,30,32). The van der Waals surface area contributed by atoms with E-state index in [0.29, 0.717) is 29.2 Å². The van der Waals surface area contributed by atoms with E-state index in [4.69, 9.17) is 15.2 Å². The van der Waals surface area contributed by atoms with Crippen molar-refractivity contribution in [1.82, 2.24) is 5.32 Å². The van der Waals surface area contributed by atoms with Crippen molar-refractivity contribution in [3.05, 3.63) is 95.1 Å². The second-order valence-electron chi connectivity index (χ2n) is 9.23. The Bertz CT molecular complexity index is 1080. The smallest absolute Gasteiger partial charge is 0.407 e. The number of benzene rings is 3. The number of aliphatic hydroxyl groups is 1. The van der Waals surface area contributed by atoms with Crippen molar-refractivity contribution >= 4 is 11.8 Å². The predicted molar refractivity (Wildman–Crippen MR) is 135 cm³/mol. The van der Waals surface area contributed by atoms with Gasteiger partial charge < -0.3 is 25.6 Å². The van der Waals surface area contributed by atoms with Crippen LogP contribution in [-0.2, 0) is 17.7 Å². The Kier molecular flexibility index (Phi) is 8.55. The summed E-state index contributed by atoms with van der Waals surface area (Å²) in [5.74, 6) is 0.666. The highest BCUT2D eigenvalue weighted by Gasteiger charge is 2.17. The molecule has 1 atom stereocenters. The Labute approximate surface area is 201 Å². The van der Waals surface area contributed by atoms with Crippen LogP contribution in [0.25, 0.3) is 0 Å². The summed E-state index contributed by atoms with van der Waals surface area (Å²) in [4.78, 5) is 11.9. The number of ether oxygens (including phenoxy) is 2.